The third kappa shape index (κ3) is 4.71. The highest BCUT2D eigenvalue weighted by Crippen LogP contribution is 2.12. The number of aliphatic hydroxyl groups excluding tert-OH is 1. The average molecular weight is 252 g/mol. The van der Waals surface area contributed by atoms with Gasteiger partial charge in [-0.15, -0.1) is 0 Å². The van der Waals surface area contributed by atoms with Crippen molar-refractivity contribution in [3.05, 3.63) is 29.6 Å². The Morgan fingerprint density at radius 1 is 1.50 bits per heavy atom. The number of hydrogen-bond donors (Lipinski definition) is 2. The number of nitrogens with one attached hydrogen (secondary N) is 1. The first-order chi connectivity index (χ1) is 8.31. The summed E-state index contributed by atoms with van der Waals surface area (Å²) in [5, 5.41) is 11.9. The van der Waals surface area contributed by atoms with E-state index in [9.17, 15) is 9.90 Å². The molecule has 5 nitrogen and oxygen atoms in total. The van der Waals surface area contributed by atoms with Crippen molar-refractivity contribution in [1.29, 1.82) is 0 Å². The quantitative estimate of drug-likeness (QED) is 0.862. The second kappa shape index (κ2) is 5.82. The Balaban J connectivity index is 2.71. The van der Waals surface area contributed by atoms with Gasteiger partial charge in [0, 0.05) is 5.69 Å². The zero-order valence-corrected chi connectivity index (χ0v) is 11.2. The van der Waals surface area contributed by atoms with Gasteiger partial charge >= 0.3 is 6.09 Å². The van der Waals surface area contributed by atoms with E-state index in [1.165, 1.54) is 0 Å². The summed E-state index contributed by atoms with van der Waals surface area (Å²) >= 11 is 0. The number of amides is 1. The van der Waals surface area contributed by atoms with Crippen LogP contribution in [0.2, 0.25) is 0 Å². The fourth-order valence-electron chi connectivity index (χ4n) is 1.42. The highest BCUT2D eigenvalue weighted by atomic mass is 16.6. The molecular weight excluding hydrogens is 232 g/mol. The second-order valence-corrected chi connectivity index (χ2v) is 5.09. The summed E-state index contributed by atoms with van der Waals surface area (Å²) in [6.07, 6.45) is -0.565. The Hall–Kier alpha value is -1.62. The minimum absolute atomic E-state index is 0.226. The van der Waals surface area contributed by atoms with Gasteiger partial charge in [-0.25, -0.2) is 4.79 Å². The molecule has 0 aliphatic heterocycles. The van der Waals surface area contributed by atoms with Crippen LogP contribution < -0.4 is 5.32 Å². The highest BCUT2D eigenvalue weighted by Gasteiger charge is 2.20. The molecule has 0 spiro atoms. The molecule has 0 fully saturated rings. The van der Waals surface area contributed by atoms with E-state index >= 15 is 0 Å². The Labute approximate surface area is 107 Å². The van der Waals surface area contributed by atoms with Gasteiger partial charge in [0.05, 0.1) is 18.3 Å². The lowest BCUT2D eigenvalue weighted by molar-refractivity contribution is 0.0480. The van der Waals surface area contributed by atoms with Crippen molar-refractivity contribution in [1.82, 2.24) is 10.3 Å². The van der Waals surface area contributed by atoms with Crippen LogP contribution >= 0.6 is 0 Å². The standard InChI is InChI=1S/C13H20N2O3/c1-9-6-5-7-10(14-9)11(8-16)15-12(17)18-13(2,3)4/h5-7,11,16H,8H2,1-4H3,(H,15,17). The van der Waals surface area contributed by atoms with Gasteiger partial charge in [0.15, 0.2) is 0 Å². The average Bonchev–Trinajstić information content (AvgIpc) is 2.23. The fourth-order valence-corrected chi connectivity index (χ4v) is 1.42. The van der Waals surface area contributed by atoms with E-state index in [4.69, 9.17) is 4.74 Å². The number of ether oxygens (including phenoxy) is 1. The topological polar surface area (TPSA) is 71.5 Å². The maximum Gasteiger partial charge on any atom is 0.408 e. The minimum atomic E-state index is -0.565. The number of nitrogens with zero attached hydrogens (tertiary/aromatic N) is 1. The van der Waals surface area contributed by atoms with Crippen molar-refractivity contribution >= 4 is 6.09 Å². The molecule has 0 aliphatic carbocycles. The van der Waals surface area contributed by atoms with Crippen LogP contribution in [0.25, 0.3) is 0 Å². The van der Waals surface area contributed by atoms with Gasteiger partial charge in [0.1, 0.15) is 5.60 Å². The fraction of sp³-hybridized carbons (Fsp3) is 0.538. The number of aromatic nitrogens is 1. The molecular formula is C13H20N2O3. The summed E-state index contributed by atoms with van der Waals surface area (Å²) in [6, 6.07) is 4.88. The number of carbonyl (C=O) groups excluding carboxylic acids is 1. The molecule has 0 aliphatic rings. The van der Waals surface area contributed by atoms with E-state index in [0.29, 0.717) is 5.69 Å². The molecule has 18 heavy (non-hydrogen) atoms. The smallest absolute Gasteiger partial charge is 0.408 e. The van der Waals surface area contributed by atoms with E-state index in [1.54, 1.807) is 26.8 Å². The number of aliphatic hydroxyl groups is 1. The van der Waals surface area contributed by atoms with Crippen molar-refractivity contribution in [2.45, 2.75) is 39.3 Å². The predicted molar refractivity (Wildman–Crippen MR) is 68.2 cm³/mol. The van der Waals surface area contributed by atoms with Crippen LogP contribution in [0.5, 0.6) is 0 Å². The van der Waals surface area contributed by atoms with Crippen molar-refractivity contribution in [2.75, 3.05) is 6.61 Å². The maximum atomic E-state index is 11.6. The molecule has 5 heteroatoms. The number of hydrogen-bond acceptors (Lipinski definition) is 4. The molecule has 0 bridgehead atoms. The van der Waals surface area contributed by atoms with Crippen LogP contribution in [0.3, 0.4) is 0 Å². The van der Waals surface area contributed by atoms with Crippen molar-refractivity contribution in [3.8, 4) is 0 Å². The van der Waals surface area contributed by atoms with Gasteiger partial charge in [-0.2, -0.15) is 0 Å². The third-order valence-electron chi connectivity index (χ3n) is 2.14. The van der Waals surface area contributed by atoms with E-state index in [1.807, 2.05) is 19.1 Å². The number of aryl methyl sites for hydroxylation is 1. The summed E-state index contributed by atoms with van der Waals surface area (Å²) in [6.45, 7) is 6.98. The van der Waals surface area contributed by atoms with Gasteiger partial charge in [-0.05, 0) is 39.8 Å². The van der Waals surface area contributed by atoms with Crippen LogP contribution in [0.15, 0.2) is 18.2 Å². The lowest BCUT2D eigenvalue weighted by atomic mass is 10.2. The Bertz CT molecular complexity index is 413. The summed E-state index contributed by atoms with van der Waals surface area (Å²) in [5.41, 5.74) is 0.879. The van der Waals surface area contributed by atoms with E-state index < -0.39 is 17.7 Å². The van der Waals surface area contributed by atoms with Gasteiger partial charge in [0.25, 0.3) is 0 Å². The van der Waals surface area contributed by atoms with Gasteiger partial charge in [-0.3, -0.25) is 4.98 Å². The molecule has 1 rings (SSSR count). The molecule has 1 heterocycles. The normalized spacial score (nSPS) is 12.9. The zero-order chi connectivity index (χ0) is 13.8. The van der Waals surface area contributed by atoms with Crippen molar-refractivity contribution in [2.24, 2.45) is 0 Å². The van der Waals surface area contributed by atoms with Crippen LogP contribution in [-0.2, 0) is 4.74 Å². The molecule has 1 atom stereocenters. The van der Waals surface area contributed by atoms with Crippen LogP contribution in [0.1, 0.15) is 38.2 Å². The zero-order valence-electron chi connectivity index (χ0n) is 11.2. The molecule has 0 saturated heterocycles. The molecule has 1 aromatic rings. The lowest BCUT2D eigenvalue weighted by Gasteiger charge is -2.22. The molecule has 2 N–H and O–H groups in total. The number of rotatable bonds is 3. The summed E-state index contributed by atoms with van der Waals surface area (Å²) < 4.78 is 5.13. The Kier molecular flexibility index (Phi) is 4.67. The number of alkyl carbamates (subject to hydrolysis) is 1. The molecule has 0 aromatic carbocycles. The predicted octanol–water partition coefficient (Wildman–Crippen LogP) is 1.95. The summed E-state index contributed by atoms with van der Waals surface area (Å²) in [4.78, 5) is 15.9. The SMILES string of the molecule is Cc1cccc(C(CO)NC(=O)OC(C)(C)C)n1. The first-order valence-electron chi connectivity index (χ1n) is 5.86. The largest absolute Gasteiger partial charge is 0.444 e. The Morgan fingerprint density at radius 2 is 2.17 bits per heavy atom. The maximum absolute atomic E-state index is 11.6. The molecule has 100 valence electrons. The monoisotopic (exact) mass is 252 g/mol. The van der Waals surface area contributed by atoms with Gasteiger partial charge in [-0.1, -0.05) is 6.07 Å². The van der Waals surface area contributed by atoms with Gasteiger partial charge < -0.3 is 15.2 Å². The first kappa shape index (κ1) is 14.4. The van der Waals surface area contributed by atoms with Crippen LogP contribution in [0.4, 0.5) is 4.79 Å². The van der Waals surface area contributed by atoms with Crippen LogP contribution in [0, 0.1) is 6.92 Å². The number of carbonyl (C=O) groups is 1. The molecule has 0 radical (unpaired) electrons. The van der Waals surface area contributed by atoms with Gasteiger partial charge in [0.2, 0.25) is 0 Å². The van der Waals surface area contributed by atoms with Crippen molar-refractivity contribution in [3.63, 3.8) is 0 Å². The third-order valence-corrected chi connectivity index (χ3v) is 2.14. The van der Waals surface area contributed by atoms with E-state index in [0.717, 1.165) is 5.69 Å². The van der Waals surface area contributed by atoms with Crippen LogP contribution in [-0.4, -0.2) is 28.4 Å². The lowest BCUT2D eigenvalue weighted by Crippen LogP contribution is -2.36. The highest BCUT2D eigenvalue weighted by molar-refractivity contribution is 5.68. The van der Waals surface area contributed by atoms with E-state index in [-0.39, 0.29) is 6.61 Å². The molecule has 0 saturated carbocycles. The molecule has 1 amide bonds. The first-order valence-corrected chi connectivity index (χ1v) is 5.86. The molecule has 1 unspecified atom stereocenters. The van der Waals surface area contributed by atoms with Crippen molar-refractivity contribution < 1.29 is 14.6 Å². The van der Waals surface area contributed by atoms with E-state index in [2.05, 4.69) is 10.3 Å². The number of pyridine rings is 1. The minimum Gasteiger partial charge on any atom is -0.444 e. The molecule has 1 aromatic heterocycles. The summed E-state index contributed by atoms with van der Waals surface area (Å²) in [5.74, 6) is 0. The second-order valence-electron chi connectivity index (χ2n) is 5.09. The Morgan fingerprint density at radius 3 is 2.67 bits per heavy atom. The summed E-state index contributed by atoms with van der Waals surface area (Å²) in [7, 11) is 0.